The number of ether oxygens (including phenoxy) is 1. The Morgan fingerprint density at radius 2 is 2.19 bits per heavy atom. The topological polar surface area (TPSA) is 104 Å². The summed E-state index contributed by atoms with van der Waals surface area (Å²) in [7, 11) is 0. The molecule has 4 atom stereocenters. The quantitative estimate of drug-likeness (QED) is 0.493. The molecule has 0 aromatic carbocycles. The number of nitrogens with one attached hydrogen (secondary N) is 1. The fraction of sp³-hybridized carbons (Fsp3) is 0.750. The number of rotatable bonds is 2. The van der Waals surface area contributed by atoms with E-state index in [2.05, 4.69) is 10.2 Å². The Bertz CT molecular complexity index is 431. The smallest absolute Gasteiger partial charge is 0.197 e. The highest BCUT2D eigenvalue weighted by Crippen LogP contribution is 2.29. The Kier molecular flexibility index (Phi) is 3.08. The van der Waals surface area contributed by atoms with Crippen LogP contribution in [-0.2, 0) is 4.74 Å². The minimum Gasteiger partial charge on any atom is -0.394 e. The van der Waals surface area contributed by atoms with Gasteiger partial charge in [-0.25, -0.2) is 0 Å². The highest BCUT2D eigenvalue weighted by molar-refractivity contribution is 7.71. The van der Waals surface area contributed by atoms with Gasteiger partial charge in [0.2, 0.25) is 0 Å². The molecule has 1 saturated heterocycles. The summed E-state index contributed by atoms with van der Waals surface area (Å²) < 4.78 is 7.10. The summed E-state index contributed by atoms with van der Waals surface area (Å²) in [6, 6.07) is 0. The van der Waals surface area contributed by atoms with Gasteiger partial charge in [0.05, 0.1) is 6.61 Å². The molecular weight excluding hydrogens is 234 g/mol. The standard InChI is InChI=1S/C8H13N3O4S/c1-3-9-10-8(16)11(3)7-6(14)5(13)4(2-12)15-7/h4-7,12-14H,2H2,1H3,(H,10,16)/t4-,5-,6-,7?/m1/s1. The summed E-state index contributed by atoms with van der Waals surface area (Å²) in [5.41, 5.74) is 0. The van der Waals surface area contributed by atoms with Gasteiger partial charge in [0.25, 0.3) is 0 Å². The maximum atomic E-state index is 9.78. The molecule has 1 unspecified atom stereocenters. The van der Waals surface area contributed by atoms with Crippen LogP contribution in [-0.4, -0.2) is 55.0 Å². The number of aromatic amines is 1. The van der Waals surface area contributed by atoms with Gasteiger partial charge in [-0.05, 0) is 19.1 Å². The van der Waals surface area contributed by atoms with E-state index in [0.717, 1.165) is 0 Å². The van der Waals surface area contributed by atoms with Crippen LogP contribution in [0, 0.1) is 11.7 Å². The van der Waals surface area contributed by atoms with E-state index >= 15 is 0 Å². The zero-order chi connectivity index (χ0) is 11.9. The van der Waals surface area contributed by atoms with E-state index in [-0.39, 0.29) is 6.61 Å². The zero-order valence-electron chi connectivity index (χ0n) is 8.57. The monoisotopic (exact) mass is 247 g/mol. The molecule has 2 rings (SSSR count). The fourth-order valence-electron chi connectivity index (χ4n) is 1.78. The van der Waals surface area contributed by atoms with Gasteiger partial charge in [0.1, 0.15) is 24.1 Å². The van der Waals surface area contributed by atoms with Crippen LogP contribution in [0.1, 0.15) is 12.1 Å². The molecule has 0 aliphatic carbocycles. The van der Waals surface area contributed by atoms with Crippen molar-refractivity contribution in [1.29, 1.82) is 0 Å². The third-order valence-corrected chi connectivity index (χ3v) is 2.94. The molecule has 4 N–H and O–H groups in total. The van der Waals surface area contributed by atoms with Gasteiger partial charge in [-0.3, -0.25) is 9.67 Å². The summed E-state index contributed by atoms with van der Waals surface area (Å²) in [6.07, 6.45) is -3.90. The average Bonchev–Trinajstić information content (AvgIpc) is 2.72. The van der Waals surface area contributed by atoms with Crippen LogP contribution < -0.4 is 0 Å². The highest BCUT2D eigenvalue weighted by atomic mass is 32.1. The molecule has 0 bridgehead atoms. The van der Waals surface area contributed by atoms with Crippen molar-refractivity contribution in [2.75, 3.05) is 6.61 Å². The molecule has 16 heavy (non-hydrogen) atoms. The van der Waals surface area contributed by atoms with Crippen LogP contribution in [0.25, 0.3) is 0 Å². The van der Waals surface area contributed by atoms with Crippen molar-refractivity contribution in [2.24, 2.45) is 0 Å². The maximum Gasteiger partial charge on any atom is 0.197 e. The van der Waals surface area contributed by atoms with Crippen molar-refractivity contribution in [3.05, 3.63) is 10.6 Å². The van der Waals surface area contributed by atoms with Crippen molar-refractivity contribution >= 4 is 12.2 Å². The van der Waals surface area contributed by atoms with E-state index < -0.39 is 24.5 Å². The van der Waals surface area contributed by atoms with Crippen LogP contribution in [0.4, 0.5) is 0 Å². The lowest BCUT2D eigenvalue weighted by Gasteiger charge is -2.16. The molecule has 2 heterocycles. The normalized spacial score (nSPS) is 34.5. The lowest BCUT2D eigenvalue weighted by Crippen LogP contribution is -2.33. The van der Waals surface area contributed by atoms with Gasteiger partial charge in [-0.1, -0.05) is 0 Å². The average molecular weight is 247 g/mol. The molecule has 1 fully saturated rings. The third kappa shape index (κ3) is 1.68. The Morgan fingerprint density at radius 1 is 1.50 bits per heavy atom. The Balaban J connectivity index is 2.33. The van der Waals surface area contributed by atoms with Crippen LogP contribution in [0.3, 0.4) is 0 Å². The van der Waals surface area contributed by atoms with Crippen LogP contribution >= 0.6 is 12.2 Å². The molecule has 0 radical (unpaired) electrons. The first-order chi connectivity index (χ1) is 7.56. The van der Waals surface area contributed by atoms with Gasteiger partial charge >= 0.3 is 0 Å². The highest BCUT2D eigenvalue weighted by Gasteiger charge is 2.44. The van der Waals surface area contributed by atoms with Crippen LogP contribution in [0.2, 0.25) is 0 Å². The van der Waals surface area contributed by atoms with Gasteiger partial charge in [0, 0.05) is 0 Å². The molecule has 1 aliphatic rings. The second-order valence-electron chi connectivity index (χ2n) is 3.67. The Labute approximate surface area is 96.3 Å². The summed E-state index contributed by atoms with van der Waals surface area (Å²) in [5, 5.41) is 34.8. The first-order valence-corrected chi connectivity index (χ1v) is 5.23. The minimum atomic E-state index is -1.14. The number of aliphatic hydroxyl groups is 3. The number of H-pyrrole nitrogens is 1. The van der Waals surface area contributed by atoms with E-state index in [9.17, 15) is 10.2 Å². The number of aromatic nitrogens is 3. The maximum absolute atomic E-state index is 9.78. The number of aliphatic hydroxyl groups excluding tert-OH is 3. The SMILES string of the molecule is Cc1n[nH]c(=S)n1C1O[C@H](CO)[C@@H](O)[C@H]1O. The first kappa shape index (κ1) is 11.7. The van der Waals surface area contributed by atoms with Crippen molar-refractivity contribution < 1.29 is 20.1 Å². The molecule has 7 nitrogen and oxygen atoms in total. The second kappa shape index (κ2) is 4.22. The van der Waals surface area contributed by atoms with Gasteiger partial charge in [-0.15, -0.1) is 0 Å². The van der Waals surface area contributed by atoms with E-state index in [0.29, 0.717) is 10.6 Å². The second-order valence-corrected chi connectivity index (χ2v) is 4.06. The molecule has 0 spiro atoms. The molecule has 8 heteroatoms. The fourth-order valence-corrected chi connectivity index (χ4v) is 2.06. The number of hydrogen-bond donors (Lipinski definition) is 4. The molecule has 1 aliphatic heterocycles. The summed E-state index contributed by atoms with van der Waals surface area (Å²) in [4.78, 5) is 0. The van der Waals surface area contributed by atoms with E-state index in [1.807, 2.05) is 0 Å². The molecule has 1 aromatic rings. The first-order valence-electron chi connectivity index (χ1n) is 4.82. The summed E-state index contributed by atoms with van der Waals surface area (Å²) >= 11 is 4.99. The lowest BCUT2D eigenvalue weighted by molar-refractivity contribution is -0.0544. The van der Waals surface area contributed by atoms with Crippen LogP contribution in [0.5, 0.6) is 0 Å². The summed E-state index contributed by atoms with van der Waals surface area (Å²) in [6.45, 7) is 1.33. The van der Waals surface area contributed by atoms with Gasteiger partial charge < -0.3 is 20.1 Å². The molecule has 1 aromatic heterocycles. The largest absolute Gasteiger partial charge is 0.394 e. The van der Waals surface area contributed by atoms with Gasteiger partial charge in [0.15, 0.2) is 11.0 Å². The van der Waals surface area contributed by atoms with Crippen molar-refractivity contribution in [1.82, 2.24) is 14.8 Å². The molecule has 90 valence electrons. The predicted octanol–water partition coefficient (Wildman–Crippen LogP) is -1.14. The molecular formula is C8H13N3O4S. The summed E-state index contributed by atoms with van der Waals surface area (Å²) in [5.74, 6) is 0.542. The predicted molar refractivity (Wildman–Crippen MR) is 55.2 cm³/mol. The van der Waals surface area contributed by atoms with Crippen molar-refractivity contribution in [2.45, 2.75) is 31.5 Å². The zero-order valence-corrected chi connectivity index (χ0v) is 9.39. The van der Waals surface area contributed by atoms with E-state index in [4.69, 9.17) is 22.1 Å². The number of aryl methyl sites for hydroxylation is 1. The molecule has 0 saturated carbocycles. The van der Waals surface area contributed by atoms with Gasteiger partial charge in [-0.2, -0.15) is 5.10 Å². The number of hydrogen-bond acceptors (Lipinski definition) is 6. The number of nitrogens with zero attached hydrogens (tertiary/aromatic N) is 2. The minimum absolute atomic E-state index is 0.298. The van der Waals surface area contributed by atoms with Crippen molar-refractivity contribution in [3.8, 4) is 0 Å². The van der Waals surface area contributed by atoms with E-state index in [1.54, 1.807) is 6.92 Å². The third-order valence-electron chi connectivity index (χ3n) is 2.65. The van der Waals surface area contributed by atoms with Crippen molar-refractivity contribution in [3.63, 3.8) is 0 Å². The van der Waals surface area contributed by atoms with E-state index in [1.165, 1.54) is 4.57 Å². The Hall–Kier alpha value is -0.800. The lowest BCUT2D eigenvalue weighted by atomic mass is 10.1. The van der Waals surface area contributed by atoms with Crippen LogP contribution in [0.15, 0.2) is 0 Å². The Morgan fingerprint density at radius 3 is 2.62 bits per heavy atom. The molecule has 0 amide bonds.